The third-order valence-corrected chi connectivity index (χ3v) is 4.87. The van der Waals surface area contributed by atoms with Gasteiger partial charge in [-0.05, 0) is 60.2 Å². The Balaban J connectivity index is 1.63. The van der Waals surface area contributed by atoms with Gasteiger partial charge in [-0.3, -0.25) is 0 Å². The van der Waals surface area contributed by atoms with Crippen LogP contribution < -0.4 is 5.73 Å². The van der Waals surface area contributed by atoms with E-state index >= 15 is 0 Å². The van der Waals surface area contributed by atoms with Crippen LogP contribution in [-0.4, -0.2) is 10.9 Å². The molecule has 1 atom stereocenters. The first-order valence-corrected chi connectivity index (χ1v) is 7.99. The summed E-state index contributed by atoms with van der Waals surface area (Å²) in [6.45, 7) is 0. The lowest BCUT2D eigenvalue weighted by molar-refractivity contribution is 0.204. The highest BCUT2D eigenvalue weighted by Gasteiger charge is 2.12. The van der Waals surface area contributed by atoms with Crippen LogP contribution in [0.15, 0.2) is 47.4 Å². The number of aliphatic hydroxyl groups is 1. The molecule has 0 radical (unpaired) electrons. The van der Waals surface area contributed by atoms with Crippen LogP contribution in [0.4, 0.5) is 5.69 Å². The van der Waals surface area contributed by atoms with E-state index in [0.29, 0.717) is 5.75 Å². The van der Waals surface area contributed by atoms with Gasteiger partial charge in [0, 0.05) is 16.3 Å². The normalized spacial score (nSPS) is 15.1. The number of nitrogens with two attached hydrogens (primary N) is 1. The van der Waals surface area contributed by atoms with Gasteiger partial charge < -0.3 is 10.8 Å². The van der Waals surface area contributed by atoms with Gasteiger partial charge in [-0.2, -0.15) is 0 Å². The summed E-state index contributed by atoms with van der Waals surface area (Å²) in [5.74, 6) is 0.669. The predicted molar refractivity (Wildman–Crippen MR) is 85.0 cm³/mol. The van der Waals surface area contributed by atoms with Gasteiger partial charge in [0.05, 0.1) is 6.10 Å². The lowest BCUT2D eigenvalue weighted by atomic mass is 10.1. The van der Waals surface area contributed by atoms with Gasteiger partial charge in [0.15, 0.2) is 0 Å². The monoisotopic (exact) mass is 285 g/mol. The highest BCUT2D eigenvalue weighted by atomic mass is 32.2. The van der Waals surface area contributed by atoms with Crippen LogP contribution in [0.5, 0.6) is 0 Å². The van der Waals surface area contributed by atoms with Gasteiger partial charge in [0.1, 0.15) is 0 Å². The lowest BCUT2D eigenvalue weighted by Gasteiger charge is -2.11. The second-order valence-corrected chi connectivity index (χ2v) is 6.37. The van der Waals surface area contributed by atoms with Crippen LogP contribution in [-0.2, 0) is 12.8 Å². The van der Waals surface area contributed by atoms with Crippen molar-refractivity contribution in [1.82, 2.24) is 0 Å². The van der Waals surface area contributed by atoms with E-state index in [1.165, 1.54) is 35.3 Å². The minimum Gasteiger partial charge on any atom is -0.399 e. The van der Waals surface area contributed by atoms with Crippen molar-refractivity contribution in [3.63, 3.8) is 0 Å². The SMILES string of the molecule is Nc1ccc(C(O)CSc2ccc3c(c2)CCC3)cc1. The van der Waals surface area contributed by atoms with Crippen molar-refractivity contribution < 1.29 is 5.11 Å². The standard InChI is InChI=1S/C17H19NOS/c18-15-7-4-13(5-8-15)17(19)11-20-16-9-6-12-2-1-3-14(12)10-16/h4-10,17,19H,1-3,11,18H2. The Labute approximate surface area is 124 Å². The lowest BCUT2D eigenvalue weighted by Crippen LogP contribution is -2.00. The molecule has 0 saturated heterocycles. The molecular formula is C17H19NOS. The minimum absolute atomic E-state index is 0.450. The number of anilines is 1. The molecule has 1 aliphatic rings. The van der Waals surface area contributed by atoms with Crippen LogP contribution in [0.2, 0.25) is 0 Å². The molecule has 0 amide bonds. The molecule has 1 unspecified atom stereocenters. The maximum absolute atomic E-state index is 10.2. The fourth-order valence-electron chi connectivity index (χ4n) is 2.63. The van der Waals surface area contributed by atoms with Crippen molar-refractivity contribution in [1.29, 1.82) is 0 Å². The summed E-state index contributed by atoms with van der Waals surface area (Å²) in [6, 6.07) is 14.1. The molecular weight excluding hydrogens is 266 g/mol. The Morgan fingerprint density at radius 2 is 1.80 bits per heavy atom. The van der Waals surface area contributed by atoms with Crippen molar-refractivity contribution in [3.05, 3.63) is 59.2 Å². The number of aryl methyl sites for hydroxylation is 2. The van der Waals surface area contributed by atoms with E-state index in [4.69, 9.17) is 5.73 Å². The maximum Gasteiger partial charge on any atom is 0.0883 e. The number of nitrogen functional groups attached to an aromatic ring is 1. The summed E-state index contributed by atoms with van der Waals surface area (Å²) in [4.78, 5) is 1.25. The van der Waals surface area contributed by atoms with Crippen LogP contribution in [0.25, 0.3) is 0 Å². The third-order valence-electron chi connectivity index (χ3n) is 3.80. The van der Waals surface area contributed by atoms with E-state index in [0.717, 1.165) is 11.3 Å². The van der Waals surface area contributed by atoms with Crippen LogP contribution >= 0.6 is 11.8 Å². The number of aliphatic hydroxyl groups excluding tert-OH is 1. The summed E-state index contributed by atoms with van der Waals surface area (Å²) in [5.41, 5.74) is 10.3. The van der Waals surface area contributed by atoms with Gasteiger partial charge in [0.25, 0.3) is 0 Å². The maximum atomic E-state index is 10.2. The van der Waals surface area contributed by atoms with Gasteiger partial charge in [0.2, 0.25) is 0 Å². The van der Waals surface area contributed by atoms with Crippen molar-refractivity contribution in [2.24, 2.45) is 0 Å². The molecule has 1 aliphatic carbocycles. The second kappa shape index (κ2) is 5.90. The minimum atomic E-state index is -0.450. The molecule has 0 saturated carbocycles. The molecule has 3 heteroatoms. The molecule has 0 aromatic heterocycles. The highest BCUT2D eigenvalue weighted by molar-refractivity contribution is 7.99. The Bertz CT molecular complexity index is 594. The van der Waals surface area contributed by atoms with Gasteiger partial charge in [-0.15, -0.1) is 11.8 Å². The molecule has 2 aromatic rings. The smallest absolute Gasteiger partial charge is 0.0883 e. The zero-order valence-corrected chi connectivity index (χ0v) is 12.2. The number of thioether (sulfide) groups is 1. The van der Waals surface area contributed by atoms with Crippen LogP contribution in [0.1, 0.15) is 29.2 Å². The van der Waals surface area contributed by atoms with Crippen LogP contribution in [0, 0.1) is 0 Å². The first-order valence-electron chi connectivity index (χ1n) is 7.00. The number of fused-ring (bicyclic) bond motifs is 1. The Hall–Kier alpha value is -1.45. The third kappa shape index (κ3) is 3.00. The Kier molecular flexibility index (Phi) is 3.99. The molecule has 2 aromatic carbocycles. The Morgan fingerprint density at radius 3 is 2.60 bits per heavy atom. The number of benzene rings is 2. The summed E-state index contributed by atoms with van der Waals surface area (Å²) < 4.78 is 0. The molecule has 20 heavy (non-hydrogen) atoms. The molecule has 0 aliphatic heterocycles. The number of rotatable bonds is 4. The zero-order chi connectivity index (χ0) is 13.9. The van der Waals surface area contributed by atoms with Crippen molar-refractivity contribution in [2.45, 2.75) is 30.3 Å². The van der Waals surface area contributed by atoms with E-state index < -0.39 is 6.10 Å². The molecule has 3 rings (SSSR count). The first-order chi connectivity index (χ1) is 9.72. The highest BCUT2D eigenvalue weighted by Crippen LogP contribution is 2.30. The molecule has 0 heterocycles. The van der Waals surface area contributed by atoms with Gasteiger partial charge in [-0.25, -0.2) is 0 Å². The number of hydrogen-bond donors (Lipinski definition) is 2. The quantitative estimate of drug-likeness (QED) is 0.666. The van der Waals surface area contributed by atoms with Crippen LogP contribution in [0.3, 0.4) is 0 Å². The predicted octanol–water partition coefficient (Wildman–Crippen LogP) is 3.58. The molecule has 104 valence electrons. The van der Waals surface area contributed by atoms with E-state index in [1.807, 2.05) is 24.3 Å². The molecule has 0 fully saturated rings. The Morgan fingerprint density at radius 1 is 1.05 bits per heavy atom. The van der Waals surface area contributed by atoms with E-state index in [1.54, 1.807) is 11.8 Å². The van der Waals surface area contributed by atoms with Crippen molar-refractivity contribution in [2.75, 3.05) is 11.5 Å². The van der Waals surface area contributed by atoms with E-state index in [-0.39, 0.29) is 0 Å². The molecule has 2 nitrogen and oxygen atoms in total. The number of hydrogen-bond acceptors (Lipinski definition) is 3. The zero-order valence-electron chi connectivity index (χ0n) is 11.4. The summed E-state index contributed by atoms with van der Waals surface area (Å²) in [5, 5.41) is 10.2. The average Bonchev–Trinajstić information content (AvgIpc) is 2.93. The van der Waals surface area contributed by atoms with Crippen molar-refractivity contribution >= 4 is 17.4 Å². The first kappa shape index (κ1) is 13.5. The van der Waals surface area contributed by atoms with Gasteiger partial charge in [-0.1, -0.05) is 18.2 Å². The summed E-state index contributed by atoms with van der Waals surface area (Å²) in [6.07, 6.45) is 3.24. The average molecular weight is 285 g/mol. The van der Waals surface area contributed by atoms with E-state index in [9.17, 15) is 5.11 Å². The van der Waals surface area contributed by atoms with Gasteiger partial charge >= 0.3 is 0 Å². The second-order valence-electron chi connectivity index (χ2n) is 5.28. The fraction of sp³-hybridized carbons (Fsp3) is 0.294. The summed E-state index contributed by atoms with van der Waals surface area (Å²) in [7, 11) is 0. The molecule has 3 N–H and O–H groups in total. The fourth-order valence-corrected chi connectivity index (χ4v) is 3.56. The summed E-state index contributed by atoms with van der Waals surface area (Å²) >= 11 is 1.71. The molecule has 0 spiro atoms. The van der Waals surface area contributed by atoms with Crippen molar-refractivity contribution in [3.8, 4) is 0 Å². The van der Waals surface area contributed by atoms with E-state index in [2.05, 4.69) is 18.2 Å². The topological polar surface area (TPSA) is 46.2 Å². The molecule has 0 bridgehead atoms. The largest absolute Gasteiger partial charge is 0.399 e.